The fraction of sp³-hybridized carbons (Fsp3) is 0. The van der Waals surface area contributed by atoms with E-state index in [4.69, 9.17) is 0 Å². The van der Waals surface area contributed by atoms with Crippen molar-refractivity contribution in [2.75, 3.05) is 0 Å². The second-order valence-electron chi connectivity index (χ2n) is 13.2. The van der Waals surface area contributed by atoms with Gasteiger partial charge in [0.05, 0.1) is 0 Å². The molecule has 0 aliphatic rings. The second kappa shape index (κ2) is 11.6. The Morgan fingerprint density at radius 3 is 1.16 bits per heavy atom. The minimum Gasteiger partial charge on any atom is -0.0616 e. The smallest absolute Gasteiger partial charge is 0.00201 e. The highest BCUT2D eigenvalue weighted by molar-refractivity contribution is 6.17. The van der Waals surface area contributed by atoms with E-state index < -0.39 is 0 Å². The topological polar surface area (TPSA) is 0 Å². The molecule has 0 atom stereocenters. The summed E-state index contributed by atoms with van der Waals surface area (Å²) in [6.07, 6.45) is 0. The molecular formula is C50H32. The van der Waals surface area contributed by atoms with Gasteiger partial charge in [0.2, 0.25) is 0 Å². The first-order valence-electron chi connectivity index (χ1n) is 17.3. The third-order valence-electron chi connectivity index (χ3n) is 10.5. The molecule has 50 heavy (non-hydrogen) atoms. The normalized spacial score (nSPS) is 11.6. The molecule has 0 heterocycles. The molecule has 0 nitrogen and oxygen atoms in total. The molecule has 10 rings (SSSR count). The Labute approximate surface area is 291 Å². The summed E-state index contributed by atoms with van der Waals surface area (Å²) in [5, 5.41) is 12.6. The molecule has 0 heteroatoms. The molecule has 0 spiro atoms. The van der Waals surface area contributed by atoms with E-state index in [2.05, 4.69) is 194 Å². The van der Waals surface area contributed by atoms with E-state index in [1.165, 1.54) is 98.4 Å². The molecule has 0 saturated carbocycles. The summed E-state index contributed by atoms with van der Waals surface area (Å²) in [7, 11) is 0. The van der Waals surface area contributed by atoms with Crippen molar-refractivity contribution in [3.8, 4) is 44.5 Å². The van der Waals surface area contributed by atoms with Crippen molar-refractivity contribution < 1.29 is 0 Å². The summed E-state index contributed by atoms with van der Waals surface area (Å²) >= 11 is 0. The minimum absolute atomic E-state index is 1.22. The van der Waals surface area contributed by atoms with Crippen LogP contribution in [0.4, 0.5) is 0 Å². The first-order valence-corrected chi connectivity index (χ1v) is 17.3. The summed E-state index contributed by atoms with van der Waals surface area (Å²) in [6, 6.07) is 71.4. The standard InChI is InChI=1S/C50H32/c1-4-17-40-34(11-1)14-7-20-43(40)37-27-25-33-26-28-38(32-39(33)31-37)44-29-30-49(46-22-9-16-36-13-3-6-19-42(36)46)50-47(44)23-10-24-48(50)45-21-8-15-35-12-2-5-18-41(35)45/h1-32H. The van der Waals surface area contributed by atoms with Gasteiger partial charge in [0, 0.05) is 0 Å². The SMILES string of the molecule is c1ccc2c(-c3ccc4ccc(-c5ccc(-c6cccc7ccccc67)c6c(-c7cccc8ccccc78)cccc56)cc4c3)cccc2c1. The average molecular weight is 633 g/mol. The lowest BCUT2D eigenvalue weighted by Crippen LogP contribution is -1.91. The van der Waals surface area contributed by atoms with Gasteiger partial charge in [-0.1, -0.05) is 182 Å². The molecule has 0 aromatic heterocycles. The van der Waals surface area contributed by atoms with Crippen molar-refractivity contribution in [3.05, 3.63) is 194 Å². The van der Waals surface area contributed by atoms with E-state index in [0.29, 0.717) is 0 Å². The van der Waals surface area contributed by atoms with Crippen LogP contribution in [0.1, 0.15) is 0 Å². The summed E-state index contributed by atoms with van der Waals surface area (Å²) in [5.41, 5.74) is 9.98. The largest absolute Gasteiger partial charge is 0.0616 e. The van der Waals surface area contributed by atoms with Crippen LogP contribution in [0.5, 0.6) is 0 Å². The lowest BCUT2D eigenvalue weighted by Gasteiger charge is -2.18. The van der Waals surface area contributed by atoms with Gasteiger partial charge < -0.3 is 0 Å². The molecule has 0 amide bonds. The Morgan fingerprint density at radius 1 is 0.200 bits per heavy atom. The van der Waals surface area contributed by atoms with Crippen molar-refractivity contribution in [3.63, 3.8) is 0 Å². The summed E-state index contributed by atoms with van der Waals surface area (Å²) in [6.45, 7) is 0. The van der Waals surface area contributed by atoms with Gasteiger partial charge in [-0.05, 0) is 111 Å². The van der Waals surface area contributed by atoms with E-state index in [9.17, 15) is 0 Å². The average Bonchev–Trinajstić information content (AvgIpc) is 3.19. The molecule has 10 aromatic carbocycles. The molecule has 0 aliphatic heterocycles. The summed E-state index contributed by atoms with van der Waals surface area (Å²) in [5.74, 6) is 0. The van der Waals surface area contributed by atoms with Crippen LogP contribution < -0.4 is 0 Å². The van der Waals surface area contributed by atoms with Crippen molar-refractivity contribution in [2.45, 2.75) is 0 Å². The van der Waals surface area contributed by atoms with E-state index in [0.717, 1.165) is 0 Å². The lowest BCUT2D eigenvalue weighted by atomic mass is 9.85. The van der Waals surface area contributed by atoms with Crippen LogP contribution in [0.25, 0.3) is 98.4 Å². The molecule has 0 bridgehead atoms. The summed E-state index contributed by atoms with van der Waals surface area (Å²) in [4.78, 5) is 0. The van der Waals surface area contributed by atoms with E-state index in [1.807, 2.05) is 0 Å². The molecule has 10 aromatic rings. The monoisotopic (exact) mass is 632 g/mol. The Bertz CT molecular complexity index is 2830. The fourth-order valence-electron chi connectivity index (χ4n) is 8.09. The van der Waals surface area contributed by atoms with Crippen LogP contribution in [0.2, 0.25) is 0 Å². The first-order chi connectivity index (χ1) is 24.8. The van der Waals surface area contributed by atoms with Gasteiger partial charge in [-0.25, -0.2) is 0 Å². The molecule has 0 saturated heterocycles. The Kier molecular flexibility index (Phi) is 6.60. The zero-order chi connectivity index (χ0) is 33.0. The third kappa shape index (κ3) is 4.61. The molecule has 0 radical (unpaired) electrons. The summed E-state index contributed by atoms with van der Waals surface area (Å²) < 4.78 is 0. The molecular weight excluding hydrogens is 601 g/mol. The van der Waals surface area contributed by atoms with Gasteiger partial charge in [-0.15, -0.1) is 0 Å². The number of benzene rings is 10. The second-order valence-corrected chi connectivity index (χ2v) is 13.2. The Balaban J connectivity index is 1.23. The minimum atomic E-state index is 1.22. The third-order valence-corrected chi connectivity index (χ3v) is 10.5. The van der Waals surface area contributed by atoms with E-state index in [-0.39, 0.29) is 0 Å². The van der Waals surface area contributed by atoms with Gasteiger partial charge in [0.1, 0.15) is 0 Å². The van der Waals surface area contributed by atoms with E-state index >= 15 is 0 Å². The number of rotatable bonds is 4. The van der Waals surface area contributed by atoms with E-state index in [1.54, 1.807) is 0 Å². The first kappa shape index (κ1) is 28.5. The van der Waals surface area contributed by atoms with Crippen molar-refractivity contribution >= 4 is 53.9 Å². The van der Waals surface area contributed by atoms with Gasteiger partial charge in [-0.2, -0.15) is 0 Å². The van der Waals surface area contributed by atoms with Gasteiger partial charge in [-0.3, -0.25) is 0 Å². The van der Waals surface area contributed by atoms with Crippen molar-refractivity contribution in [1.29, 1.82) is 0 Å². The maximum atomic E-state index is 2.38. The molecule has 232 valence electrons. The predicted octanol–water partition coefficient (Wildman–Crippen LogP) is 14.1. The number of fused-ring (bicyclic) bond motifs is 5. The zero-order valence-corrected chi connectivity index (χ0v) is 27.5. The van der Waals surface area contributed by atoms with Crippen LogP contribution in [-0.2, 0) is 0 Å². The highest BCUT2D eigenvalue weighted by atomic mass is 14.2. The van der Waals surface area contributed by atoms with Crippen LogP contribution in [0.3, 0.4) is 0 Å². The van der Waals surface area contributed by atoms with Crippen molar-refractivity contribution in [1.82, 2.24) is 0 Å². The maximum Gasteiger partial charge on any atom is -0.00201 e. The van der Waals surface area contributed by atoms with Gasteiger partial charge >= 0.3 is 0 Å². The van der Waals surface area contributed by atoms with Crippen molar-refractivity contribution in [2.24, 2.45) is 0 Å². The molecule has 0 aliphatic carbocycles. The molecule has 0 fully saturated rings. The Morgan fingerprint density at radius 2 is 0.580 bits per heavy atom. The van der Waals surface area contributed by atoms with Crippen LogP contribution in [-0.4, -0.2) is 0 Å². The van der Waals surface area contributed by atoms with Gasteiger partial charge in [0.15, 0.2) is 0 Å². The number of hydrogen-bond acceptors (Lipinski definition) is 0. The fourth-order valence-corrected chi connectivity index (χ4v) is 8.09. The van der Waals surface area contributed by atoms with Crippen LogP contribution >= 0.6 is 0 Å². The maximum absolute atomic E-state index is 2.38. The molecule has 0 unspecified atom stereocenters. The molecule has 0 N–H and O–H groups in total. The van der Waals surface area contributed by atoms with Crippen LogP contribution in [0.15, 0.2) is 194 Å². The zero-order valence-electron chi connectivity index (χ0n) is 27.5. The number of hydrogen-bond donors (Lipinski definition) is 0. The predicted molar refractivity (Wildman–Crippen MR) is 216 cm³/mol. The lowest BCUT2D eigenvalue weighted by molar-refractivity contribution is 1.64. The van der Waals surface area contributed by atoms with Gasteiger partial charge in [0.25, 0.3) is 0 Å². The quantitative estimate of drug-likeness (QED) is 0.181. The highest BCUT2D eigenvalue weighted by Gasteiger charge is 2.17. The Hall–Kier alpha value is -6.50. The van der Waals surface area contributed by atoms with Crippen LogP contribution in [0, 0.1) is 0 Å². The highest BCUT2D eigenvalue weighted by Crippen LogP contribution is 2.44.